The number of rotatable bonds is 3. The number of anilines is 2. The van der Waals surface area contributed by atoms with Crippen LogP contribution < -0.4 is 11.1 Å². The Morgan fingerprint density at radius 3 is 2.82 bits per heavy atom. The molecule has 0 fully saturated rings. The normalized spacial score (nSPS) is 12.4. The highest BCUT2D eigenvalue weighted by Gasteiger charge is 2.11. The number of nitrogens with zero attached hydrogens (tertiary/aromatic N) is 1. The van der Waals surface area contributed by atoms with Crippen molar-refractivity contribution < 1.29 is 0 Å². The highest BCUT2D eigenvalue weighted by Crippen LogP contribution is 2.30. The van der Waals surface area contributed by atoms with Gasteiger partial charge in [0.25, 0.3) is 0 Å². The van der Waals surface area contributed by atoms with E-state index in [0.717, 1.165) is 0 Å². The first kappa shape index (κ1) is 12.5. The first-order valence-electron chi connectivity index (χ1n) is 4.98. The summed E-state index contributed by atoms with van der Waals surface area (Å²) in [6.45, 7) is 2.03. The van der Waals surface area contributed by atoms with Gasteiger partial charge < -0.3 is 11.1 Å². The summed E-state index contributed by atoms with van der Waals surface area (Å²) < 4.78 is 0. The van der Waals surface area contributed by atoms with Gasteiger partial charge in [-0.25, -0.2) is 4.98 Å². The Hall–Kier alpha value is -0.970. The summed E-state index contributed by atoms with van der Waals surface area (Å²) in [6, 6.07) is 3.76. The maximum atomic E-state index is 6.04. The molecule has 0 spiro atoms. The zero-order chi connectivity index (χ0) is 12.4. The van der Waals surface area contributed by atoms with Crippen LogP contribution in [0.3, 0.4) is 0 Å². The largest absolute Gasteiger partial charge is 0.382 e. The second kappa shape index (κ2) is 5.12. The molecule has 2 rings (SSSR count). The maximum Gasteiger partial charge on any atom is 0.147 e. The van der Waals surface area contributed by atoms with Crippen LogP contribution in [-0.2, 0) is 0 Å². The summed E-state index contributed by atoms with van der Waals surface area (Å²) in [5.41, 5.74) is 6.83. The van der Waals surface area contributed by atoms with Crippen LogP contribution in [0.15, 0.2) is 22.9 Å². The molecule has 90 valence electrons. The average molecular weight is 288 g/mol. The summed E-state index contributed by atoms with van der Waals surface area (Å²) >= 11 is 13.5. The lowest BCUT2D eigenvalue weighted by atomic mass is 10.2. The number of nitrogens with one attached hydrogen (secondary N) is 1. The van der Waals surface area contributed by atoms with E-state index in [1.54, 1.807) is 17.4 Å². The predicted octanol–water partition coefficient (Wildman–Crippen LogP) is 4.21. The van der Waals surface area contributed by atoms with Gasteiger partial charge >= 0.3 is 0 Å². The Morgan fingerprint density at radius 1 is 1.41 bits per heavy atom. The number of hydrogen-bond acceptors (Lipinski definition) is 4. The number of aromatic nitrogens is 1. The lowest BCUT2D eigenvalue weighted by Crippen LogP contribution is -2.08. The minimum atomic E-state index is 0.117. The Bertz CT molecular complexity index is 514. The molecule has 0 bridgehead atoms. The molecule has 2 aromatic heterocycles. The number of pyridine rings is 1. The third-order valence-electron chi connectivity index (χ3n) is 2.35. The van der Waals surface area contributed by atoms with Crippen LogP contribution in [0.1, 0.15) is 18.5 Å². The fraction of sp³-hybridized carbons (Fsp3) is 0.182. The molecule has 0 saturated heterocycles. The smallest absolute Gasteiger partial charge is 0.147 e. The molecule has 0 saturated carbocycles. The van der Waals surface area contributed by atoms with Gasteiger partial charge in [-0.3, -0.25) is 0 Å². The molecule has 0 aromatic carbocycles. The highest BCUT2D eigenvalue weighted by molar-refractivity contribution is 7.08. The van der Waals surface area contributed by atoms with Gasteiger partial charge in [-0.05, 0) is 35.4 Å². The molecule has 0 aliphatic heterocycles. The summed E-state index contributed by atoms with van der Waals surface area (Å²) in [4.78, 5) is 4.13. The van der Waals surface area contributed by atoms with Crippen molar-refractivity contribution in [2.24, 2.45) is 0 Å². The van der Waals surface area contributed by atoms with Crippen LogP contribution >= 0.6 is 34.5 Å². The van der Waals surface area contributed by atoms with Crippen molar-refractivity contribution >= 4 is 46.2 Å². The molecule has 1 unspecified atom stereocenters. The van der Waals surface area contributed by atoms with E-state index in [-0.39, 0.29) is 11.9 Å². The minimum absolute atomic E-state index is 0.117. The van der Waals surface area contributed by atoms with Crippen LogP contribution in [0.2, 0.25) is 10.0 Å². The second-order valence-electron chi connectivity index (χ2n) is 3.61. The SMILES string of the molecule is CC(Nc1nc(N)c(Cl)cc1Cl)c1ccsc1. The van der Waals surface area contributed by atoms with Crippen molar-refractivity contribution in [2.45, 2.75) is 13.0 Å². The van der Waals surface area contributed by atoms with E-state index in [1.807, 2.05) is 12.3 Å². The zero-order valence-electron chi connectivity index (χ0n) is 9.08. The van der Waals surface area contributed by atoms with Gasteiger partial charge in [-0.1, -0.05) is 23.2 Å². The number of nitrogen functional groups attached to an aromatic ring is 1. The van der Waals surface area contributed by atoms with E-state index in [1.165, 1.54) is 5.56 Å². The van der Waals surface area contributed by atoms with E-state index in [4.69, 9.17) is 28.9 Å². The van der Waals surface area contributed by atoms with Gasteiger partial charge in [0.05, 0.1) is 16.1 Å². The number of nitrogens with two attached hydrogens (primary N) is 1. The lowest BCUT2D eigenvalue weighted by Gasteiger charge is -2.15. The molecule has 0 aliphatic rings. The third kappa shape index (κ3) is 2.83. The molecule has 0 amide bonds. The zero-order valence-corrected chi connectivity index (χ0v) is 11.4. The van der Waals surface area contributed by atoms with Crippen LogP contribution in [0.4, 0.5) is 11.6 Å². The first-order valence-corrected chi connectivity index (χ1v) is 6.68. The number of halogens is 2. The molecular formula is C11H11Cl2N3S. The standard InChI is InChI=1S/C11H11Cl2N3S/c1-6(7-2-3-17-5-7)15-11-9(13)4-8(12)10(14)16-11/h2-6H,1H3,(H3,14,15,16). The summed E-state index contributed by atoms with van der Waals surface area (Å²) in [7, 11) is 0. The fourth-order valence-corrected chi connectivity index (χ4v) is 2.56. The van der Waals surface area contributed by atoms with Crippen molar-refractivity contribution in [1.29, 1.82) is 0 Å². The van der Waals surface area contributed by atoms with Crippen molar-refractivity contribution in [1.82, 2.24) is 4.98 Å². The molecule has 3 nitrogen and oxygen atoms in total. The molecule has 2 aromatic rings. The van der Waals surface area contributed by atoms with Crippen LogP contribution in [0, 0.1) is 0 Å². The monoisotopic (exact) mass is 287 g/mol. The van der Waals surface area contributed by atoms with Crippen LogP contribution in [0.25, 0.3) is 0 Å². The Kier molecular flexibility index (Phi) is 3.76. The van der Waals surface area contributed by atoms with Gasteiger partial charge in [0.1, 0.15) is 11.6 Å². The molecule has 0 aliphatic carbocycles. The van der Waals surface area contributed by atoms with Crippen molar-refractivity contribution in [3.8, 4) is 0 Å². The van der Waals surface area contributed by atoms with Gasteiger partial charge in [0.15, 0.2) is 0 Å². The maximum absolute atomic E-state index is 6.04. The van der Waals surface area contributed by atoms with Crippen LogP contribution in [0.5, 0.6) is 0 Å². The summed E-state index contributed by atoms with van der Waals surface area (Å²) in [5.74, 6) is 0.823. The molecule has 0 radical (unpaired) electrons. The quantitative estimate of drug-likeness (QED) is 0.889. The lowest BCUT2D eigenvalue weighted by molar-refractivity contribution is 0.881. The van der Waals surface area contributed by atoms with Crippen molar-refractivity contribution in [3.63, 3.8) is 0 Å². The predicted molar refractivity (Wildman–Crippen MR) is 75.0 cm³/mol. The van der Waals surface area contributed by atoms with Gasteiger partial charge in [0, 0.05) is 0 Å². The average Bonchev–Trinajstić information content (AvgIpc) is 2.79. The second-order valence-corrected chi connectivity index (χ2v) is 5.20. The topological polar surface area (TPSA) is 50.9 Å². The third-order valence-corrected chi connectivity index (χ3v) is 3.65. The molecule has 3 N–H and O–H groups in total. The Balaban J connectivity index is 2.22. The van der Waals surface area contributed by atoms with E-state index < -0.39 is 0 Å². The first-order chi connectivity index (χ1) is 8.08. The summed E-state index contributed by atoms with van der Waals surface area (Å²) in [6.07, 6.45) is 0. The van der Waals surface area contributed by atoms with Crippen molar-refractivity contribution in [3.05, 3.63) is 38.5 Å². The molecule has 6 heteroatoms. The molecule has 2 heterocycles. The van der Waals surface area contributed by atoms with E-state index in [0.29, 0.717) is 15.9 Å². The van der Waals surface area contributed by atoms with E-state index >= 15 is 0 Å². The van der Waals surface area contributed by atoms with Gasteiger partial charge in [0.2, 0.25) is 0 Å². The van der Waals surface area contributed by atoms with Crippen molar-refractivity contribution in [2.75, 3.05) is 11.1 Å². The number of hydrogen-bond donors (Lipinski definition) is 2. The van der Waals surface area contributed by atoms with Gasteiger partial charge in [-0.2, -0.15) is 11.3 Å². The van der Waals surface area contributed by atoms with Crippen LogP contribution in [-0.4, -0.2) is 4.98 Å². The number of thiophene rings is 1. The fourth-order valence-electron chi connectivity index (χ4n) is 1.39. The highest BCUT2D eigenvalue weighted by atomic mass is 35.5. The minimum Gasteiger partial charge on any atom is -0.382 e. The Morgan fingerprint density at radius 2 is 2.18 bits per heavy atom. The molecule has 17 heavy (non-hydrogen) atoms. The Labute approximate surface area is 114 Å². The molecular weight excluding hydrogens is 277 g/mol. The summed E-state index contributed by atoms with van der Waals surface area (Å²) in [5, 5.41) is 8.14. The van der Waals surface area contributed by atoms with E-state index in [2.05, 4.69) is 21.7 Å². The molecule has 1 atom stereocenters. The van der Waals surface area contributed by atoms with Gasteiger partial charge in [-0.15, -0.1) is 0 Å². The van der Waals surface area contributed by atoms with E-state index in [9.17, 15) is 0 Å².